The maximum absolute atomic E-state index is 14.6. The number of piperidine rings is 1. The van der Waals surface area contributed by atoms with Gasteiger partial charge < -0.3 is 14.2 Å². The third kappa shape index (κ3) is 2.90. The zero-order chi connectivity index (χ0) is 16.8. The highest BCUT2D eigenvalue weighted by molar-refractivity contribution is 6.62. The third-order valence-electron chi connectivity index (χ3n) is 5.13. The molecule has 2 fully saturated rings. The van der Waals surface area contributed by atoms with Gasteiger partial charge in [-0.15, -0.1) is 0 Å². The van der Waals surface area contributed by atoms with Gasteiger partial charge in [0.2, 0.25) is 5.91 Å². The van der Waals surface area contributed by atoms with Gasteiger partial charge in [0.15, 0.2) is 0 Å². The number of nitrogens with zero attached hydrogens (tertiary/aromatic N) is 1. The number of carbonyl (C=O) groups excluding carboxylic acids is 1. The predicted molar refractivity (Wildman–Crippen MR) is 88.3 cm³/mol. The summed E-state index contributed by atoms with van der Waals surface area (Å²) in [5.41, 5.74) is -0.0404. The average molecular weight is 319 g/mol. The maximum Gasteiger partial charge on any atom is 0.497 e. The van der Waals surface area contributed by atoms with Crippen molar-refractivity contribution in [2.24, 2.45) is 0 Å². The summed E-state index contributed by atoms with van der Waals surface area (Å²) in [6.45, 7) is 8.39. The van der Waals surface area contributed by atoms with Crippen LogP contribution in [0, 0.1) is 5.82 Å². The number of benzene rings is 1. The van der Waals surface area contributed by atoms with Crippen LogP contribution >= 0.6 is 0 Å². The van der Waals surface area contributed by atoms with Crippen LogP contribution in [-0.4, -0.2) is 30.8 Å². The smallest absolute Gasteiger partial charge is 0.399 e. The van der Waals surface area contributed by atoms with E-state index in [4.69, 9.17) is 9.31 Å². The van der Waals surface area contributed by atoms with Crippen LogP contribution in [0.4, 0.5) is 10.1 Å². The van der Waals surface area contributed by atoms with Gasteiger partial charge in [-0.05, 0) is 52.7 Å². The molecule has 23 heavy (non-hydrogen) atoms. The molecule has 0 aliphatic carbocycles. The molecule has 1 aromatic rings. The number of hydrogen-bond acceptors (Lipinski definition) is 3. The molecule has 2 saturated heterocycles. The van der Waals surface area contributed by atoms with Crippen molar-refractivity contribution in [2.75, 3.05) is 11.4 Å². The first-order valence-corrected chi connectivity index (χ1v) is 8.17. The molecule has 1 amide bonds. The summed E-state index contributed by atoms with van der Waals surface area (Å²) in [6, 6.07) is 4.84. The third-order valence-corrected chi connectivity index (χ3v) is 5.13. The first kappa shape index (κ1) is 16.5. The van der Waals surface area contributed by atoms with Crippen molar-refractivity contribution < 1.29 is 18.5 Å². The first-order chi connectivity index (χ1) is 10.7. The minimum absolute atomic E-state index is 0.0547. The molecule has 2 heterocycles. The van der Waals surface area contributed by atoms with Gasteiger partial charge in [-0.3, -0.25) is 4.79 Å². The van der Waals surface area contributed by atoms with Gasteiger partial charge in [0, 0.05) is 24.1 Å². The van der Waals surface area contributed by atoms with Crippen LogP contribution in [0.2, 0.25) is 0 Å². The normalized spacial score (nSPS) is 23.4. The van der Waals surface area contributed by atoms with E-state index in [-0.39, 0.29) is 5.91 Å². The molecular weight excluding hydrogens is 296 g/mol. The molecule has 2 aliphatic heterocycles. The molecule has 0 spiro atoms. The summed E-state index contributed by atoms with van der Waals surface area (Å²) in [6.07, 6.45) is 2.39. The van der Waals surface area contributed by atoms with Crippen molar-refractivity contribution in [1.29, 1.82) is 0 Å². The molecule has 2 aliphatic rings. The second-order valence-electron chi connectivity index (χ2n) is 7.30. The topological polar surface area (TPSA) is 38.8 Å². The second kappa shape index (κ2) is 5.60. The van der Waals surface area contributed by atoms with Crippen LogP contribution in [0.3, 0.4) is 0 Å². The zero-order valence-corrected chi connectivity index (χ0v) is 14.2. The molecule has 0 atom stereocenters. The van der Waals surface area contributed by atoms with Crippen molar-refractivity contribution >= 4 is 24.2 Å². The lowest BCUT2D eigenvalue weighted by molar-refractivity contribution is -0.119. The Morgan fingerprint density at radius 3 is 2.35 bits per heavy atom. The average Bonchev–Trinajstić information content (AvgIpc) is 2.67. The molecule has 0 bridgehead atoms. The number of hydrogen-bond donors (Lipinski definition) is 0. The lowest BCUT2D eigenvalue weighted by Crippen LogP contribution is -2.41. The summed E-state index contributed by atoms with van der Waals surface area (Å²) in [4.78, 5) is 13.6. The van der Waals surface area contributed by atoms with Crippen molar-refractivity contribution in [2.45, 2.75) is 58.2 Å². The molecule has 0 N–H and O–H groups in total. The summed E-state index contributed by atoms with van der Waals surface area (Å²) >= 11 is 0. The number of rotatable bonds is 2. The first-order valence-electron chi connectivity index (χ1n) is 8.17. The van der Waals surface area contributed by atoms with Crippen molar-refractivity contribution in [3.63, 3.8) is 0 Å². The molecule has 3 rings (SSSR count). The highest BCUT2D eigenvalue weighted by Gasteiger charge is 2.52. The van der Waals surface area contributed by atoms with E-state index in [2.05, 4.69) is 0 Å². The quantitative estimate of drug-likeness (QED) is 0.787. The SMILES string of the molecule is CC1(C)OB(c2ccc(N3CCCCC3=O)cc2F)OC1(C)C. The molecule has 0 saturated carbocycles. The number of amides is 1. The monoisotopic (exact) mass is 319 g/mol. The zero-order valence-electron chi connectivity index (χ0n) is 14.2. The van der Waals surface area contributed by atoms with Crippen LogP contribution in [0.5, 0.6) is 0 Å². The minimum Gasteiger partial charge on any atom is -0.399 e. The van der Waals surface area contributed by atoms with Crippen molar-refractivity contribution in [1.82, 2.24) is 0 Å². The number of carbonyl (C=O) groups is 1. The summed E-state index contributed by atoms with van der Waals surface area (Å²) in [5.74, 6) is -0.349. The van der Waals surface area contributed by atoms with Crippen molar-refractivity contribution in [3.05, 3.63) is 24.0 Å². The molecule has 6 heteroatoms. The standard InChI is InChI=1S/C17H23BFNO3/c1-16(2)17(3,4)23-18(22-16)13-9-8-12(11-14(13)19)20-10-6-5-7-15(20)21/h8-9,11H,5-7,10H2,1-4H3. The Hall–Kier alpha value is -1.40. The summed E-state index contributed by atoms with van der Waals surface area (Å²) in [5, 5.41) is 0. The van der Waals surface area contributed by atoms with E-state index < -0.39 is 24.1 Å². The Kier molecular flexibility index (Phi) is 4.01. The van der Waals surface area contributed by atoms with E-state index in [1.165, 1.54) is 6.07 Å². The van der Waals surface area contributed by atoms with Gasteiger partial charge in [-0.2, -0.15) is 0 Å². The van der Waals surface area contributed by atoms with Crippen molar-refractivity contribution in [3.8, 4) is 0 Å². The summed E-state index contributed by atoms with van der Waals surface area (Å²) in [7, 11) is -0.730. The van der Waals surface area contributed by atoms with Crippen LogP contribution in [0.1, 0.15) is 47.0 Å². The lowest BCUT2D eigenvalue weighted by atomic mass is 9.78. The Morgan fingerprint density at radius 2 is 1.78 bits per heavy atom. The van der Waals surface area contributed by atoms with Gasteiger partial charge in [-0.1, -0.05) is 6.07 Å². The van der Waals surface area contributed by atoms with Crippen LogP contribution < -0.4 is 10.4 Å². The fraction of sp³-hybridized carbons (Fsp3) is 0.588. The molecule has 0 aromatic heterocycles. The van der Waals surface area contributed by atoms with E-state index in [1.807, 2.05) is 27.7 Å². The molecule has 124 valence electrons. The highest BCUT2D eigenvalue weighted by Crippen LogP contribution is 2.36. The fourth-order valence-electron chi connectivity index (χ4n) is 2.92. The highest BCUT2D eigenvalue weighted by atomic mass is 19.1. The van der Waals surface area contributed by atoms with Gasteiger partial charge >= 0.3 is 7.12 Å². The molecule has 0 unspecified atom stereocenters. The van der Waals surface area contributed by atoms with E-state index in [0.29, 0.717) is 24.1 Å². The fourth-order valence-corrected chi connectivity index (χ4v) is 2.92. The van der Waals surface area contributed by atoms with Crippen LogP contribution in [0.15, 0.2) is 18.2 Å². The molecule has 1 aromatic carbocycles. The van der Waals surface area contributed by atoms with Gasteiger partial charge in [0.1, 0.15) is 5.82 Å². The van der Waals surface area contributed by atoms with Crippen LogP contribution in [0.25, 0.3) is 0 Å². The van der Waals surface area contributed by atoms with Gasteiger partial charge in [0.05, 0.1) is 11.2 Å². The Balaban J connectivity index is 1.85. The largest absolute Gasteiger partial charge is 0.497 e. The van der Waals surface area contributed by atoms with E-state index in [1.54, 1.807) is 17.0 Å². The minimum atomic E-state index is -0.730. The molecule has 0 radical (unpaired) electrons. The predicted octanol–water partition coefficient (Wildman–Crippen LogP) is 2.64. The van der Waals surface area contributed by atoms with Gasteiger partial charge in [-0.25, -0.2) is 4.39 Å². The molecular formula is C17H23BFNO3. The van der Waals surface area contributed by atoms with Gasteiger partial charge in [0.25, 0.3) is 0 Å². The summed E-state index contributed by atoms with van der Waals surface area (Å²) < 4.78 is 26.4. The van der Waals surface area contributed by atoms with E-state index in [9.17, 15) is 9.18 Å². The lowest BCUT2D eigenvalue weighted by Gasteiger charge is -2.32. The van der Waals surface area contributed by atoms with E-state index in [0.717, 1.165) is 12.8 Å². The number of anilines is 1. The van der Waals surface area contributed by atoms with Crippen LogP contribution in [-0.2, 0) is 14.1 Å². The maximum atomic E-state index is 14.6. The Morgan fingerprint density at radius 1 is 1.13 bits per heavy atom. The second-order valence-corrected chi connectivity index (χ2v) is 7.30. The number of halogens is 1. The van der Waals surface area contributed by atoms with E-state index >= 15 is 0 Å². The Labute approximate surface area is 137 Å². The Bertz CT molecular complexity index is 616. The molecule has 4 nitrogen and oxygen atoms in total.